The average molecular weight is 258 g/mol. The van der Waals surface area contributed by atoms with Crippen LogP contribution in [-0.2, 0) is 17.9 Å². The van der Waals surface area contributed by atoms with E-state index in [0.29, 0.717) is 12.5 Å². The molecule has 19 heavy (non-hydrogen) atoms. The van der Waals surface area contributed by atoms with Gasteiger partial charge in [0, 0.05) is 19.0 Å². The van der Waals surface area contributed by atoms with Crippen molar-refractivity contribution < 1.29 is 4.79 Å². The van der Waals surface area contributed by atoms with Crippen molar-refractivity contribution >= 4 is 5.91 Å². The van der Waals surface area contributed by atoms with Crippen molar-refractivity contribution in [3.05, 3.63) is 35.4 Å². The van der Waals surface area contributed by atoms with Crippen LogP contribution in [0.15, 0.2) is 24.3 Å². The number of nitrogens with one attached hydrogen (secondary N) is 1. The van der Waals surface area contributed by atoms with E-state index in [-0.39, 0.29) is 5.91 Å². The molecule has 0 bridgehead atoms. The van der Waals surface area contributed by atoms with Gasteiger partial charge in [0.25, 0.3) is 0 Å². The van der Waals surface area contributed by atoms with Crippen LogP contribution in [0.3, 0.4) is 0 Å². The fourth-order valence-electron chi connectivity index (χ4n) is 2.74. The molecule has 1 N–H and O–H groups in total. The summed E-state index contributed by atoms with van der Waals surface area (Å²) in [5.41, 5.74) is 2.63. The van der Waals surface area contributed by atoms with Crippen LogP contribution < -0.4 is 5.32 Å². The zero-order chi connectivity index (χ0) is 13.1. The highest BCUT2D eigenvalue weighted by molar-refractivity contribution is 5.80. The van der Waals surface area contributed by atoms with E-state index in [1.165, 1.54) is 37.1 Å². The first kappa shape index (κ1) is 12.7. The Morgan fingerprint density at radius 2 is 1.84 bits per heavy atom. The van der Waals surface area contributed by atoms with Gasteiger partial charge in [-0.2, -0.15) is 0 Å². The van der Waals surface area contributed by atoms with Crippen molar-refractivity contribution in [3.63, 3.8) is 0 Å². The molecule has 102 valence electrons. The Morgan fingerprint density at radius 3 is 2.53 bits per heavy atom. The van der Waals surface area contributed by atoms with E-state index in [0.717, 1.165) is 19.4 Å². The Balaban J connectivity index is 1.60. The predicted octanol–water partition coefficient (Wildman–Crippen LogP) is 2.31. The quantitative estimate of drug-likeness (QED) is 0.879. The van der Waals surface area contributed by atoms with Gasteiger partial charge >= 0.3 is 0 Å². The smallest absolute Gasteiger partial charge is 0.223 e. The molecular formula is C16H22N2O. The molecule has 0 aromatic heterocycles. The fourth-order valence-corrected chi connectivity index (χ4v) is 2.74. The van der Waals surface area contributed by atoms with Crippen LogP contribution in [0.1, 0.15) is 36.8 Å². The maximum Gasteiger partial charge on any atom is 0.223 e. The Bertz CT molecular complexity index is 448. The monoisotopic (exact) mass is 258 g/mol. The van der Waals surface area contributed by atoms with Crippen molar-refractivity contribution in [2.45, 2.75) is 38.8 Å². The molecule has 1 saturated carbocycles. The lowest BCUT2D eigenvalue weighted by Gasteiger charge is -2.17. The number of carbonyl (C=O) groups is 1. The van der Waals surface area contributed by atoms with Crippen LogP contribution in [-0.4, -0.2) is 23.9 Å². The number of carbonyl (C=O) groups excluding carboxylic acids is 1. The van der Waals surface area contributed by atoms with E-state index in [2.05, 4.69) is 34.5 Å². The highest BCUT2D eigenvalue weighted by Crippen LogP contribution is 2.28. The maximum atomic E-state index is 11.7. The number of hydrogen-bond acceptors (Lipinski definition) is 2. The largest absolute Gasteiger partial charge is 0.352 e. The Labute approximate surface area is 115 Å². The van der Waals surface area contributed by atoms with Crippen molar-refractivity contribution in [3.8, 4) is 0 Å². The summed E-state index contributed by atoms with van der Waals surface area (Å²) in [5.74, 6) is 0.529. The molecule has 1 amide bonds. The lowest BCUT2D eigenvalue weighted by Crippen LogP contribution is -2.26. The first-order chi connectivity index (χ1) is 9.33. The summed E-state index contributed by atoms with van der Waals surface area (Å²) < 4.78 is 0. The Hall–Kier alpha value is -1.35. The predicted molar refractivity (Wildman–Crippen MR) is 75.5 cm³/mol. The van der Waals surface area contributed by atoms with Gasteiger partial charge < -0.3 is 5.32 Å². The summed E-state index contributed by atoms with van der Waals surface area (Å²) in [6, 6.07) is 8.49. The van der Waals surface area contributed by atoms with Gasteiger partial charge in [-0.05, 0) is 49.9 Å². The third-order valence-corrected chi connectivity index (χ3v) is 4.11. The van der Waals surface area contributed by atoms with Crippen LogP contribution >= 0.6 is 0 Å². The van der Waals surface area contributed by atoms with E-state index >= 15 is 0 Å². The van der Waals surface area contributed by atoms with Crippen molar-refractivity contribution in [1.82, 2.24) is 10.2 Å². The summed E-state index contributed by atoms with van der Waals surface area (Å²) in [4.78, 5) is 14.2. The lowest BCUT2D eigenvalue weighted by molar-refractivity contribution is -0.122. The summed E-state index contributed by atoms with van der Waals surface area (Å²) >= 11 is 0. The normalized spacial score (nSPS) is 19.6. The number of likely N-dealkylation sites (tertiary alicyclic amines) is 1. The molecule has 1 aromatic carbocycles. The van der Waals surface area contributed by atoms with Gasteiger partial charge in [0.05, 0.1) is 0 Å². The van der Waals surface area contributed by atoms with Crippen LogP contribution in [0.4, 0.5) is 0 Å². The molecule has 3 heteroatoms. The second-order valence-electron chi connectivity index (χ2n) is 5.74. The number of nitrogens with zero attached hydrogens (tertiary/aromatic N) is 1. The molecular weight excluding hydrogens is 236 g/mol. The highest BCUT2D eigenvalue weighted by atomic mass is 16.2. The maximum absolute atomic E-state index is 11.7. The fraction of sp³-hybridized carbons (Fsp3) is 0.562. The van der Waals surface area contributed by atoms with Gasteiger partial charge in [-0.15, -0.1) is 0 Å². The molecule has 1 aliphatic heterocycles. The molecule has 0 atom stereocenters. The minimum Gasteiger partial charge on any atom is -0.352 e. The van der Waals surface area contributed by atoms with Gasteiger partial charge in [0.2, 0.25) is 5.91 Å². The molecule has 2 aliphatic rings. The minimum absolute atomic E-state index is 0.232. The summed E-state index contributed by atoms with van der Waals surface area (Å²) in [6.45, 7) is 4.13. The average Bonchev–Trinajstić information content (AvgIpc) is 3.16. The molecule has 2 fully saturated rings. The first-order valence-corrected chi connectivity index (χ1v) is 7.40. The molecule has 3 rings (SSSR count). The van der Waals surface area contributed by atoms with Crippen LogP contribution in [0, 0.1) is 5.92 Å². The van der Waals surface area contributed by atoms with Crippen molar-refractivity contribution in [1.29, 1.82) is 0 Å². The molecule has 1 aromatic rings. The Morgan fingerprint density at radius 1 is 1.16 bits per heavy atom. The van der Waals surface area contributed by atoms with Gasteiger partial charge in [-0.25, -0.2) is 0 Å². The molecule has 1 aliphatic carbocycles. The highest BCUT2D eigenvalue weighted by Gasteiger charge is 2.29. The van der Waals surface area contributed by atoms with Gasteiger partial charge in [-0.1, -0.05) is 24.3 Å². The number of hydrogen-bond donors (Lipinski definition) is 1. The topological polar surface area (TPSA) is 32.3 Å². The van der Waals surface area contributed by atoms with Crippen LogP contribution in [0.25, 0.3) is 0 Å². The summed E-state index contributed by atoms with van der Waals surface area (Å²) in [5, 5.41) is 3.07. The number of benzene rings is 1. The van der Waals surface area contributed by atoms with Crippen molar-refractivity contribution in [2.75, 3.05) is 13.1 Å². The third kappa shape index (κ3) is 3.35. The van der Waals surface area contributed by atoms with E-state index < -0.39 is 0 Å². The van der Waals surface area contributed by atoms with Gasteiger partial charge in [0.1, 0.15) is 0 Å². The second-order valence-corrected chi connectivity index (χ2v) is 5.74. The number of amides is 1. The van der Waals surface area contributed by atoms with E-state index in [1.54, 1.807) is 0 Å². The summed E-state index contributed by atoms with van der Waals surface area (Å²) in [7, 11) is 0. The minimum atomic E-state index is 0.232. The second kappa shape index (κ2) is 5.74. The van der Waals surface area contributed by atoms with Crippen LogP contribution in [0.5, 0.6) is 0 Å². The zero-order valence-corrected chi connectivity index (χ0v) is 11.4. The molecule has 3 nitrogen and oxygen atoms in total. The van der Waals surface area contributed by atoms with E-state index in [4.69, 9.17) is 0 Å². The standard InChI is InChI=1S/C16H22N2O/c19-16(13-7-8-13)17-11-14-5-1-2-6-15(14)12-18-9-3-4-10-18/h1-2,5-6,13H,3-4,7-12H2,(H,17,19). The molecule has 1 saturated heterocycles. The van der Waals surface area contributed by atoms with E-state index in [9.17, 15) is 4.79 Å². The van der Waals surface area contributed by atoms with Crippen LogP contribution in [0.2, 0.25) is 0 Å². The lowest BCUT2D eigenvalue weighted by atomic mass is 10.1. The van der Waals surface area contributed by atoms with Gasteiger partial charge in [0.15, 0.2) is 0 Å². The summed E-state index contributed by atoms with van der Waals surface area (Å²) in [6.07, 6.45) is 4.78. The molecule has 1 heterocycles. The molecule has 0 spiro atoms. The number of rotatable bonds is 5. The first-order valence-electron chi connectivity index (χ1n) is 7.40. The van der Waals surface area contributed by atoms with E-state index in [1.807, 2.05) is 0 Å². The SMILES string of the molecule is O=C(NCc1ccccc1CN1CCCC1)C1CC1. The van der Waals surface area contributed by atoms with Crippen molar-refractivity contribution in [2.24, 2.45) is 5.92 Å². The van der Waals surface area contributed by atoms with Gasteiger partial charge in [-0.3, -0.25) is 9.69 Å². The Kier molecular flexibility index (Phi) is 3.83. The third-order valence-electron chi connectivity index (χ3n) is 4.11. The zero-order valence-electron chi connectivity index (χ0n) is 11.4. The molecule has 0 radical (unpaired) electrons. The molecule has 0 unspecified atom stereocenters.